The third kappa shape index (κ3) is 4.48. The van der Waals surface area contributed by atoms with Crippen LogP contribution in [0.15, 0.2) is 47.4 Å². The van der Waals surface area contributed by atoms with Gasteiger partial charge in [-0.3, -0.25) is 4.72 Å². The lowest BCUT2D eigenvalue weighted by Crippen LogP contribution is -2.24. The third-order valence-electron chi connectivity index (χ3n) is 2.82. The van der Waals surface area contributed by atoms with Crippen LogP contribution < -0.4 is 15.4 Å². The molecule has 0 saturated heterocycles. The molecule has 0 aromatic heterocycles. The Morgan fingerprint density at radius 2 is 1.78 bits per heavy atom. The predicted octanol–water partition coefficient (Wildman–Crippen LogP) is 3.71. The molecule has 0 aliphatic heterocycles. The van der Waals surface area contributed by atoms with Gasteiger partial charge in [0.1, 0.15) is 4.90 Å². The van der Waals surface area contributed by atoms with E-state index < -0.39 is 10.0 Å². The maximum absolute atomic E-state index is 12.6. The van der Waals surface area contributed by atoms with E-state index in [1.165, 1.54) is 12.1 Å². The van der Waals surface area contributed by atoms with Crippen molar-refractivity contribution in [3.05, 3.63) is 52.5 Å². The number of thiocarbonyl (C=S) groups is 1. The molecule has 0 spiro atoms. The normalized spacial score (nSPS) is 10.9. The first-order valence-electron chi connectivity index (χ1n) is 6.39. The molecular weight excluding hydrogens is 377 g/mol. The molecule has 2 aromatic carbocycles. The van der Waals surface area contributed by atoms with Gasteiger partial charge in [-0.25, -0.2) is 8.42 Å². The van der Waals surface area contributed by atoms with Gasteiger partial charge in [0.2, 0.25) is 0 Å². The summed E-state index contributed by atoms with van der Waals surface area (Å²) in [6, 6.07) is 11.0. The molecule has 0 unspecified atom stereocenters. The van der Waals surface area contributed by atoms with Gasteiger partial charge in [0.05, 0.1) is 15.7 Å². The Labute approximate surface area is 150 Å². The van der Waals surface area contributed by atoms with Gasteiger partial charge >= 0.3 is 0 Å². The van der Waals surface area contributed by atoms with Crippen molar-refractivity contribution in [2.24, 2.45) is 0 Å². The molecule has 23 heavy (non-hydrogen) atoms. The average molecular weight is 390 g/mol. The topological polar surface area (TPSA) is 70.2 Å². The van der Waals surface area contributed by atoms with E-state index in [1.807, 2.05) is 0 Å². The molecule has 0 aliphatic carbocycles. The molecule has 0 radical (unpaired) electrons. The molecule has 5 nitrogen and oxygen atoms in total. The Hall–Kier alpha value is -1.54. The molecule has 0 atom stereocenters. The molecule has 9 heteroatoms. The second kappa shape index (κ2) is 7.35. The highest BCUT2D eigenvalue weighted by Gasteiger charge is 2.20. The zero-order valence-corrected chi connectivity index (χ0v) is 15.1. The SMILES string of the molecule is CNC(=S)Nc1ccc(Cl)c(S(=O)(=O)Nc2ccccc2Cl)c1. The summed E-state index contributed by atoms with van der Waals surface area (Å²) in [7, 11) is -2.25. The van der Waals surface area contributed by atoms with Crippen LogP contribution in [0.2, 0.25) is 10.0 Å². The van der Waals surface area contributed by atoms with Crippen LogP contribution in [0.1, 0.15) is 0 Å². The predicted molar refractivity (Wildman–Crippen MR) is 99.0 cm³/mol. The molecule has 122 valence electrons. The molecule has 3 N–H and O–H groups in total. The van der Waals surface area contributed by atoms with Crippen molar-refractivity contribution in [2.45, 2.75) is 4.90 Å². The highest BCUT2D eigenvalue weighted by atomic mass is 35.5. The van der Waals surface area contributed by atoms with E-state index in [9.17, 15) is 8.42 Å². The molecule has 0 bridgehead atoms. The van der Waals surface area contributed by atoms with Crippen molar-refractivity contribution < 1.29 is 8.42 Å². The largest absolute Gasteiger partial charge is 0.366 e. The van der Waals surface area contributed by atoms with Gasteiger partial charge in [-0.15, -0.1) is 0 Å². The van der Waals surface area contributed by atoms with Crippen LogP contribution in [0.3, 0.4) is 0 Å². The van der Waals surface area contributed by atoms with Crippen LogP contribution in [0, 0.1) is 0 Å². The van der Waals surface area contributed by atoms with Crippen LogP contribution >= 0.6 is 35.4 Å². The fourth-order valence-electron chi connectivity index (χ4n) is 1.72. The standard InChI is InChI=1S/C14H13Cl2N3O2S2/c1-17-14(22)18-9-6-7-11(16)13(8-9)23(20,21)19-12-5-3-2-4-10(12)15/h2-8,19H,1H3,(H2,17,18,22). The minimum atomic E-state index is -3.90. The first-order valence-corrected chi connectivity index (χ1v) is 9.04. The van der Waals surface area contributed by atoms with Crippen LogP contribution in [-0.4, -0.2) is 20.6 Å². The highest BCUT2D eigenvalue weighted by Crippen LogP contribution is 2.29. The van der Waals surface area contributed by atoms with E-state index >= 15 is 0 Å². The lowest BCUT2D eigenvalue weighted by atomic mass is 10.3. The van der Waals surface area contributed by atoms with Crippen LogP contribution in [0.4, 0.5) is 11.4 Å². The summed E-state index contributed by atoms with van der Waals surface area (Å²) in [4.78, 5) is -0.0806. The number of hydrogen-bond acceptors (Lipinski definition) is 3. The first kappa shape index (κ1) is 17.8. The highest BCUT2D eigenvalue weighted by molar-refractivity contribution is 7.92. The van der Waals surface area contributed by atoms with E-state index in [2.05, 4.69) is 15.4 Å². The molecule has 2 rings (SSSR count). The second-order valence-corrected chi connectivity index (χ2v) is 7.31. The number of benzene rings is 2. The Bertz CT molecular complexity index is 842. The van der Waals surface area contributed by atoms with Gasteiger partial charge in [0.25, 0.3) is 10.0 Å². The smallest absolute Gasteiger partial charge is 0.263 e. The number of nitrogens with one attached hydrogen (secondary N) is 3. The van der Waals surface area contributed by atoms with Crippen LogP contribution in [-0.2, 0) is 10.0 Å². The van der Waals surface area contributed by atoms with Crippen molar-refractivity contribution >= 4 is 61.9 Å². The maximum atomic E-state index is 12.6. The number of sulfonamides is 1. The van der Waals surface area contributed by atoms with Crippen LogP contribution in [0.25, 0.3) is 0 Å². The van der Waals surface area contributed by atoms with Crippen LogP contribution in [0.5, 0.6) is 0 Å². The van der Waals surface area contributed by atoms with Gasteiger partial charge in [-0.2, -0.15) is 0 Å². The average Bonchev–Trinajstić information content (AvgIpc) is 2.51. The number of para-hydroxylation sites is 1. The first-order chi connectivity index (χ1) is 10.8. The Morgan fingerprint density at radius 1 is 1.09 bits per heavy atom. The van der Waals surface area contributed by atoms with E-state index in [4.69, 9.17) is 35.4 Å². The molecular formula is C14H13Cl2N3O2S2. The summed E-state index contributed by atoms with van der Waals surface area (Å²) in [6.07, 6.45) is 0. The fourth-order valence-corrected chi connectivity index (χ4v) is 3.69. The summed E-state index contributed by atoms with van der Waals surface area (Å²) in [5.41, 5.74) is 0.766. The molecule has 2 aromatic rings. The molecule has 0 saturated carbocycles. The van der Waals surface area contributed by atoms with Gasteiger partial charge in [0.15, 0.2) is 5.11 Å². The molecule has 0 amide bonds. The molecule has 0 heterocycles. The lowest BCUT2D eigenvalue weighted by Gasteiger charge is -2.13. The Kier molecular flexibility index (Phi) is 5.69. The van der Waals surface area contributed by atoms with Crippen molar-refractivity contribution in [1.29, 1.82) is 0 Å². The van der Waals surface area contributed by atoms with E-state index in [1.54, 1.807) is 37.4 Å². The van der Waals surface area contributed by atoms with Crippen molar-refractivity contribution in [1.82, 2.24) is 5.32 Å². The lowest BCUT2D eigenvalue weighted by molar-refractivity contribution is 0.601. The number of hydrogen-bond donors (Lipinski definition) is 3. The van der Waals surface area contributed by atoms with Gasteiger partial charge in [-0.1, -0.05) is 35.3 Å². The maximum Gasteiger partial charge on any atom is 0.263 e. The van der Waals surface area contributed by atoms with Crippen molar-refractivity contribution in [3.63, 3.8) is 0 Å². The van der Waals surface area contributed by atoms with E-state index in [-0.39, 0.29) is 20.6 Å². The van der Waals surface area contributed by atoms with Gasteiger partial charge < -0.3 is 10.6 Å². The van der Waals surface area contributed by atoms with E-state index in [0.717, 1.165) is 0 Å². The van der Waals surface area contributed by atoms with E-state index in [0.29, 0.717) is 10.8 Å². The summed E-state index contributed by atoms with van der Waals surface area (Å²) in [6.45, 7) is 0. The zero-order valence-electron chi connectivity index (χ0n) is 11.9. The number of anilines is 2. The summed E-state index contributed by atoms with van der Waals surface area (Å²) >= 11 is 17.0. The summed E-state index contributed by atoms with van der Waals surface area (Å²) < 4.78 is 27.5. The minimum absolute atomic E-state index is 0.0806. The van der Waals surface area contributed by atoms with Gasteiger partial charge in [-0.05, 0) is 42.5 Å². The fraction of sp³-hybridized carbons (Fsp3) is 0.0714. The molecule has 0 fully saturated rings. The summed E-state index contributed by atoms with van der Waals surface area (Å²) in [5.74, 6) is 0. The molecule has 0 aliphatic rings. The second-order valence-electron chi connectivity index (χ2n) is 4.43. The third-order valence-corrected chi connectivity index (χ3v) is 5.31. The minimum Gasteiger partial charge on any atom is -0.366 e. The Balaban J connectivity index is 2.37. The quantitative estimate of drug-likeness (QED) is 0.695. The number of halogens is 2. The Morgan fingerprint density at radius 3 is 2.43 bits per heavy atom. The van der Waals surface area contributed by atoms with Gasteiger partial charge in [0, 0.05) is 12.7 Å². The van der Waals surface area contributed by atoms with Crippen molar-refractivity contribution in [2.75, 3.05) is 17.1 Å². The zero-order chi connectivity index (χ0) is 17.0. The monoisotopic (exact) mass is 389 g/mol. The number of rotatable bonds is 4. The summed E-state index contributed by atoms with van der Waals surface area (Å²) in [5, 5.41) is 6.32. The van der Waals surface area contributed by atoms with Crippen molar-refractivity contribution in [3.8, 4) is 0 Å².